The van der Waals surface area contributed by atoms with Crippen molar-refractivity contribution in [3.8, 4) is 0 Å². The molecule has 2 nitrogen and oxygen atoms in total. The lowest BCUT2D eigenvalue weighted by Gasteiger charge is -2.44. The highest BCUT2D eigenvalue weighted by molar-refractivity contribution is 4.88. The minimum absolute atomic E-state index is 0.666. The monoisotopic (exact) mass is 252 g/mol. The lowest BCUT2D eigenvalue weighted by molar-refractivity contribution is 0.0644. The zero-order chi connectivity index (χ0) is 13.1. The third-order valence-corrected chi connectivity index (χ3v) is 5.18. The van der Waals surface area contributed by atoms with Gasteiger partial charge in [0.05, 0.1) is 0 Å². The number of nitrogens with zero attached hydrogens (tertiary/aromatic N) is 1. The Morgan fingerprint density at radius 3 is 2.56 bits per heavy atom. The van der Waals surface area contributed by atoms with Crippen LogP contribution < -0.4 is 5.32 Å². The first kappa shape index (κ1) is 14.3. The molecule has 2 rings (SSSR count). The minimum atomic E-state index is 0.666. The zero-order valence-corrected chi connectivity index (χ0v) is 12.8. The number of nitrogens with one attached hydrogen (secondary N) is 1. The van der Waals surface area contributed by atoms with Crippen molar-refractivity contribution in [1.82, 2.24) is 10.2 Å². The predicted molar refractivity (Wildman–Crippen MR) is 78.8 cm³/mol. The van der Waals surface area contributed by atoms with Crippen LogP contribution in [0.3, 0.4) is 0 Å². The lowest BCUT2D eigenvalue weighted by atomic mass is 9.79. The lowest BCUT2D eigenvalue weighted by Crippen LogP contribution is -2.58. The summed E-state index contributed by atoms with van der Waals surface area (Å²) in [6, 6.07) is 1.41. The molecule has 1 heterocycles. The quantitative estimate of drug-likeness (QED) is 0.830. The van der Waals surface area contributed by atoms with Crippen LogP contribution in [-0.2, 0) is 0 Å². The molecule has 0 bridgehead atoms. The Kier molecular flexibility index (Phi) is 5.08. The maximum absolute atomic E-state index is 3.65. The van der Waals surface area contributed by atoms with Gasteiger partial charge < -0.3 is 5.32 Å². The molecule has 1 saturated carbocycles. The van der Waals surface area contributed by atoms with E-state index in [4.69, 9.17) is 0 Å². The molecule has 4 unspecified atom stereocenters. The van der Waals surface area contributed by atoms with E-state index in [0.29, 0.717) is 6.04 Å². The Bertz CT molecular complexity index is 251. The summed E-state index contributed by atoms with van der Waals surface area (Å²) in [5.74, 6) is 2.66. The molecule has 0 aromatic rings. The van der Waals surface area contributed by atoms with Gasteiger partial charge in [-0.25, -0.2) is 0 Å². The van der Waals surface area contributed by atoms with Gasteiger partial charge in [0.1, 0.15) is 0 Å². The van der Waals surface area contributed by atoms with E-state index < -0.39 is 0 Å². The Morgan fingerprint density at radius 2 is 1.89 bits per heavy atom. The molecule has 0 spiro atoms. The largest absolute Gasteiger partial charge is 0.311 e. The summed E-state index contributed by atoms with van der Waals surface area (Å²) in [7, 11) is 0. The Morgan fingerprint density at radius 1 is 1.17 bits per heavy atom. The summed E-state index contributed by atoms with van der Waals surface area (Å²) in [4.78, 5) is 2.79. The highest BCUT2D eigenvalue weighted by atomic mass is 15.2. The molecular formula is C16H32N2. The van der Waals surface area contributed by atoms with Crippen LogP contribution >= 0.6 is 0 Å². The van der Waals surface area contributed by atoms with Crippen LogP contribution in [0.25, 0.3) is 0 Å². The van der Waals surface area contributed by atoms with Crippen LogP contribution in [0.15, 0.2) is 0 Å². The van der Waals surface area contributed by atoms with Crippen molar-refractivity contribution in [2.45, 2.75) is 65.5 Å². The average Bonchev–Trinajstić information content (AvgIpc) is 2.32. The van der Waals surface area contributed by atoms with Crippen molar-refractivity contribution >= 4 is 0 Å². The van der Waals surface area contributed by atoms with Gasteiger partial charge in [0.25, 0.3) is 0 Å². The second-order valence-electron chi connectivity index (χ2n) is 7.10. The van der Waals surface area contributed by atoms with Crippen molar-refractivity contribution in [2.24, 2.45) is 17.8 Å². The topological polar surface area (TPSA) is 15.3 Å². The fraction of sp³-hybridized carbons (Fsp3) is 1.00. The van der Waals surface area contributed by atoms with Crippen LogP contribution in [0.1, 0.15) is 53.4 Å². The van der Waals surface area contributed by atoms with Crippen LogP contribution in [0, 0.1) is 17.8 Å². The second-order valence-corrected chi connectivity index (χ2v) is 7.10. The first-order valence-corrected chi connectivity index (χ1v) is 8.05. The number of hydrogen-bond donors (Lipinski definition) is 1. The Labute approximate surface area is 114 Å². The molecule has 2 aliphatic rings. The van der Waals surface area contributed by atoms with Gasteiger partial charge in [-0.05, 0) is 31.1 Å². The van der Waals surface area contributed by atoms with Gasteiger partial charge in [-0.1, -0.05) is 40.0 Å². The molecule has 1 N–H and O–H groups in total. The molecule has 1 aliphatic carbocycles. The van der Waals surface area contributed by atoms with E-state index in [2.05, 4.69) is 37.9 Å². The van der Waals surface area contributed by atoms with E-state index in [0.717, 1.165) is 23.8 Å². The molecular weight excluding hydrogens is 220 g/mol. The standard InChI is InChI=1S/C16H32N2/c1-12(2)16-9-17-14(4)10-18(16)11-15-8-6-5-7-13(15)3/h12-17H,5-11H2,1-4H3. The van der Waals surface area contributed by atoms with E-state index in [1.54, 1.807) is 0 Å². The van der Waals surface area contributed by atoms with Gasteiger partial charge in [0.15, 0.2) is 0 Å². The van der Waals surface area contributed by atoms with Crippen LogP contribution in [-0.4, -0.2) is 36.6 Å². The zero-order valence-electron chi connectivity index (χ0n) is 12.8. The van der Waals surface area contributed by atoms with Crippen LogP contribution in [0.4, 0.5) is 0 Å². The molecule has 4 atom stereocenters. The summed E-state index contributed by atoms with van der Waals surface area (Å²) >= 11 is 0. The average molecular weight is 252 g/mol. The van der Waals surface area contributed by atoms with E-state index in [-0.39, 0.29) is 0 Å². The Hall–Kier alpha value is -0.0800. The van der Waals surface area contributed by atoms with Crippen molar-refractivity contribution in [2.75, 3.05) is 19.6 Å². The molecule has 0 aromatic heterocycles. The summed E-state index contributed by atoms with van der Waals surface area (Å²) in [6.45, 7) is 13.3. The van der Waals surface area contributed by atoms with Gasteiger partial charge in [0, 0.05) is 31.7 Å². The fourth-order valence-electron chi connectivity index (χ4n) is 3.84. The fourth-order valence-corrected chi connectivity index (χ4v) is 3.84. The van der Waals surface area contributed by atoms with E-state index in [1.165, 1.54) is 45.3 Å². The Balaban J connectivity index is 1.95. The SMILES string of the molecule is CC1CN(CC2CCCCC2C)C(C(C)C)CN1. The van der Waals surface area contributed by atoms with E-state index >= 15 is 0 Å². The summed E-state index contributed by atoms with van der Waals surface area (Å²) in [5.41, 5.74) is 0. The first-order valence-electron chi connectivity index (χ1n) is 8.05. The van der Waals surface area contributed by atoms with Gasteiger partial charge in [-0.15, -0.1) is 0 Å². The highest BCUT2D eigenvalue weighted by Crippen LogP contribution is 2.31. The molecule has 1 aliphatic heterocycles. The predicted octanol–water partition coefficient (Wildman–Crippen LogP) is 3.13. The summed E-state index contributed by atoms with van der Waals surface area (Å²) in [5, 5.41) is 3.65. The summed E-state index contributed by atoms with van der Waals surface area (Å²) in [6.07, 6.45) is 5.84. The van der Waals surface area contributed by atoms with Crippen molar-refractivity contribution < 1.29 is 0 Å². The van der Waals surface area contributed by atoms with Crippen molar-refractivity contribution in [3.63, 3.8) is 0 Å². The normalized spacial score (nSPS) is 39.2. The molecule has 1 saturated heterocycles. The number of rotatable bonds is 3. The van der Waals surface area contributed by atoms with Gasteiger partial charge >= 0.3 is 0 Å². The van der Waals surface area contributed by atoms with Crippen LogP contribution in [0.2, 0.25) is 0 Å². The summed E-state index contributed by atoms with van der Waals surface area (Å²) < 4.78 is 0. The second kappa shape index (κ2) is 6.38. The molecule has 0 amide bonds. The molecule has 2 fully saturated rings. The van der Waals surface area contributed by atoms with Crippen molar-refractivity contribution in [1.29, 1.82) is 0 Å². The molecule has 0 aromatic carbocycles. The number of piperazine rings is 1. The molecule has 106 valence electrons. The van der Waals surface area contributed by atoms with Gasteiger partial charge in [0.2, 0.25) is 0 Å². The van der Waals surface area contributed by atoms with Crippen LogP contribution in [0.5, 0.6) is 0 Å². The third kappa shape index (κ3) is 3.48. The maximum Gasteiger partial charge on any atom is 0.0244 e. The van der Waals surface area contributed by atoms with Gasteiger partial charge in [-0.3, -0.25) is 4.90 Å². The molecule has 0 radical (unpaired) electrons. The minimum Gasteiger partial charge on any atom is -0.311 e. The highest BCUT2D eigenvalue weighted by Gasteiger charge is 2.31. The first-order chi connectivity index (χ1) is 8.58. The van der Waals surface area contributed by atoms with E-state index in [1.807, 2.05) is 0 Å². The third-order valence-electron chi connectivity index (χ3n) is 5.18. The van der Waals surface area contributed by atoms with Crippen molar-refractivity contribution in [3.05, 3.63) is 0 Å². The smallest absolute Gasteiger partial charge is 0.0244 e. The molecule has 18 heavy (non-hydrogen) atoms. The van der Waals surface area contributed by atoms with E-state index in [9.17, 15) is 0 Å². The maximum atomic E-state index is 3.65. The number of hydrogen-bond acceptors (Lipinski definition) is 2. The van der Waals surface area contributed by atoms with Gasteiger partial charge in [-0.2, -0.15) is 0 Å². The molecule has 2 heteroatoms.